The molecule has 17 heteroatoms. The Morgan fingerprint density at radius 1 is 0.600 bits per heavy atom. The van der Waals surface area contributed by atoms with Crippen molar-refractivity contribution in [2.45, 2.75) is 62.7 Å². The maximum absolute atomic E-state index is 12.7. The molecule has 0 aromatic carbocycles. The van der Waals surface area contributed by atoms with Crippen LogP contribution in [0.5, 0.6) is 0 Å². The standard InChI is InChI=1S/C18H29N7O10/c19-7(1-4-14(29)30)15(31)24-9(5-12(21)27)17(33)23-8(2-3-11(20)26)16(32)25-10(18(34)35)6-13(22)28/h7-10H,1-6,19H2,(H2,20,26)(H2,21,27)(H2,22,28)(H,23,33)(H,24,31)(H,25,32)(H,29,30)(H,34,35). The van der Waals surface area contributed by atoms with Gasteiger partial charge in [0, 0.05) is 12.8 Å². The average molecular weight is 503 g/mol. The largest absolute Gasteiger partial charge is 0.481 e. The Kier molecular flexibility index (Phi) is 13.0. The van der Waals surface area contributed by atoms with Crippen LogP contribution in [0.4, 0.5) is 0 Å². The number of carboxylic acid groups (broad SMARTS) is 2. The lowest BCUT2D eigenvalue weighted by atomic mass is 10.1. The van der Waals surface area contributed by atoms with Gasteiger partial charge in [-0.3, -0.25) is 33.6 Å². The summed E-state index contributed by atoms with van der Waals surface area (Å²) in [6.07, 6.45) is -3.10. The predicted molar refractivity (Wildman–Crippen MR) is 114 cm³/mol. The van der Waals surface area contributed by atoms with Crippen molar-refractivity contribution >= 4 is 47.4 Å². The van der Waals surface area contributed by atoms with Gasteiger partial charge in [-0.2, -0.15) is 0 Å². The fraction of sp³-hybridized carbons (Fsp3) is 0.556. The zero-order chi connectivity index (χ0) is 27.3. The molecular weight excluding hydrogens is 474 g/mol. The first-order valence-corrected chi connectivity index (χ1v) is 10.1. The second kappa shape index (κ2) is 14.8. The molecule has 0 aliphatic carbocycles. The van der Waals surface area contributed by atoms with Crippen LogP contribution in [0.25, 0.3) is 0 Å². The lowest BCUT2D eigenvalue weighted by Gasteiger charge is -2.24. The van der Waals surface area contributed by atoms with E-state index >= 15 is 0 Å². The number of hydrogen-bond acceptors (Lipinski definition) is 9. The maximum Gasteiger partial charge on any atom is 0.326 e. The van der Waals surface area contributed by atoms with E-state index in [1.165, 1.54) is 0 Å². The zero-order valence-electron chi connectivity index (χ0n) is 18.5. The number of nitrogens with two attached hydrogens (primary N) is 4. The third kappa shape index (κ3) is 13.1. The number of carboxylic acids is 2. The average Bonchev–Trinajstić information content (AvgIpc) is 2.72. The molecule has 0 saturated carbocycles. The van der Waals surface area contributed by atoms with Crippen LogP contribution in [0.1, 0.15) is 38.5 Å². The first-order valence-electron chi connectivity index (χ1n) is 10.1. The molecule has 13 N–H and O–H groups in total. The number of rotatable bonds is 17. The number of nitrogens with one attached hydrogen (secondary N) is 3. The molecule has 0 spiro atoms. The number of amides is 6. The van der Waals surface area contributed by atoms with Crippen molar-refractivity contribution in [1.29, 1.82) is 0 Å². The molecule has 4 atom stereocenters. The minimum absolute atomic E-state index is 0.286. The normalized spacial score (nSPS) is 13.9. The van der Waals surface area contributed by atoms with E-state index in [2.05, 4.69) is 10.6 Å². The monoisotopic (exact) mass is 503 g/mol. The Hall–Kier alpha value is -4.28. The van der Waals surface area contributed by atoms with Crippen molar-refractivity contribution in [2.75, 3.05) is 0 Å². The first kappa shape index (κ1) is 30.7. The molecule has 4 unspecified atom stereocenters. The van der Waals surface area contributed by atoms with Crippen LogP contribution >= 0.6 is 0 Å². The van der Waals surface area contributed by atoms with Crippen molar-refractivity contribution in [1.82, 2.24) is 16.0 Å². The lowest BCUT2D eigenvalue weighted by molar-refractivity contribution is -0.144. The summed E-state index contributed by atoms with van der Waals surface area (Å²) in [6.45, 7) is 0. The van der Waals surface area contributed by atoms with Gasteiger partial charge in [0.25, 0.3) is 0 Å². The Morgan fingerprint density at radius 3 is 1.51 bits per heavy atom. The lowest BCUT2D eigenvalue weighted by Crippen LogP contribution is -2.58. The van der Waals surface area contributed by atoms with Crippen LogP contribution in [0.3, 0.4) is 0 Å². The zero-order valence-corrected chi connectivity index (χ0v) is 18.5. The SMILES string of the molecule is NC(=O)CCC(NC(=O)C(CC(N)=O)NC(=O)C(N)CCC(=O)O)C(=O)NC(CC(N)=O)C(=O)O. The molecule has 0 bridgehead atoms. The second-order valence-electron chi connectivity index (χ2n) is 7.41. The van der Waals surface area contributed by atoms with E-state index < -0.39 is 104 Å². The van der Waals surface area contributed by atoms with Gasteiger partial charge >= 0.3 is 11.9 Å². The van der Waals surface area contributed by atoms with Gasteiger partial charge in [-0.1, -0.05) is 0 Å². The second-order valence-corrected chi connectivity index (χ2v) is 7.41. The molecule has 196 valence electrons. The maximum atomic E-state index is 12.7. The van der Waals surface area contributed by atoms with Crippen LogP contribution in [-0.4, -0.2) is 81.8 Å². The van der Waals surface area contributed by atoms with Crippen LogP contribution in [-0.2, 0) is 38.4 Å². The van der Waals surface area contributed by atoms with Crippen molar-refractivity contribution < 1.29 is 48.6 Å². The van der Waals surface area contributed by atoms with E-state index in [1.54, 1.807) is 0 Å². The summed E-state index contributed by atoms with van der Waals surface area (Å²) in [5.74, 6) is -9.02. The molecule has 0 radical (unpaired) electrons. The minimum Gasteiger partial charge on any atom is -0.481 e. The van der Waals surface area contributed by atoms with Crippen LogP contribution < -0.4 is 38.9 Å². The molecule has 0 rings (SSSR count). The topological polar surface area (TPSA) is 317 Å². The summed E-state index contributed by atoms with van der Waals surface area (Å²) in [5, 5.41) is 24.1. The number of aliphatic carboxylic acids is 2. The van der Waals surface area contributed by atoms with E-state index in [-0.39, 0.29) is 6.42 Å². The van der Waals surface area contributed by atoms with E-state index in [1.807, 2.05) is 5.32 Å². The number of carbonyl (C=O) groups is 8. The molecule has 0 aromatic heterocycles. The third-order valence-electron chi connectivity index (χ3n) is 4.38. The fourth-order valence-corrected chi connectivity index (χ4v) is 2.60. The van der Waals surface area contributed by atoms with E-state index in [0.29, 0.717) is 0 Å². The highest BCUT2D eigenvalue weighted by atomic mass is 16.4. The minimum atomic E-state index is -1.75. The van der Waals surface area contributed by atoms with Crippen molar-refractivity contribution in [3.8, 4) is 0 Å². The highest BCUT2D eigenvalue weighted by molar-refractivity contribution is 5.96. The van der Waals surface area contributed by atoms with Gasteiger partial charge in [0.15, 0.2) is 0 Å². The van der Waals surface area contributed by atoms with Gasteiger partial charge in [-0.15, -0.1) is 0 Å². The van der Waals surface area contributed by atoms with Crippen LogP contribution in [0.2, 0.25) is 0 Å². The Labute approximate surface area is 198 Å². The summed E-state index contributed by atoms with van der Waals surface area (Å²) in [7, 11) is 0. The van der Waals surface area contributed by atoms with Gasteiger partial charge < -0.3 is 49.1 Å². The van der Waals surface area contributed by atoms with Crippen molar-refractivity contribution in [3.63, 3.8) is 0 Å². The molecule has 0 heterocycles. The molecule has 0 aromatic rings. The molecular formula is C18H29N7O10. The molecule has 0 fully saturated rings. The Balaban J connectivity index is 5.59. The van der Waals surface area contributed by atoms with E-state index in [9.17, 15) is 38.4 Å². The quantitative estimate of drug-likeness (QED) is 0.0902. The fourth-order valence-electron chi connectivity index (χ4n) is 2.60. The van der Waals surface area contributed by atoms with E-state index in [0.717, 1.165) is 0 Å². The summed E-state index contributed by atoms with van der Waals surface area (Å²) < 4.78 is 0. The van der Waals surface area contributed by atoms with Crippen molar-refractivity contribution in [3.05, 3.63) is 0 Å². The molecule has 0 saturated heterocycles. The first-order chi connectivity index (χ1) is 16.1. The van der Waals surface area contributed by atoms with Gasteiger partial charge in [0.1, 0.15) is 18.1 Å². The Bertz CT molecular complexity index is 863. The number of hydrogen-bond donors (Lipinski definition) is 9. The van der Waals surface area contributed by atoms with Gasteiger partial charge in [-0.05, 0) is 12.8 Å². The summed E-state index contributed by atoms with van der Waals surface area (Å²) >= 11 is 0. The third-order valence-corrected chi connectivity index (χ3v) is 4.38. The Morgan fingerprint density at radius 2 is 1.06 bits per heavy atom. The summed E-state index contributed by atoms with van der Waals surface area (Å²) in [5.41, 5.74) is 20.6. The molecule has 35 heavy (non-hydrogen) atoms. The summed E-state index contributed by atoms with van der Waals surface area (Å²) in [4.78, 5) is 92.9. The highest BCUT2D eigenvalue weighted by Crippen LogP contribution is 2.04. The van der Waals surface area contributed by atoms with E-state index in [4.69, 9.17) is 33.1 Å². The number of carbonyl (C=O) groups excluding carboxylic acids is 6. The molecule has 6 amide bonds. The van der Waals surface area contributed by atoms with Crippen LogP contribution in [0.15, 0.2) is 0 Å². The number of primary amides is 3. The predicted octanol–water partition coefficient (Wildman–Crippen LogP) is -5.27. The highest BCUT2D eigenvalue weighted by Gasteiger charge is 2.31. The molecule has 17 nitrogen and oxygen atoms in total. The van der Waals surface area contributed by atoms with Gasteiger partial charge in [-0.25, -0.2) is 4.79 Å². The van der Waals surface area contributed by atoms with Crippen molar-refractivity contribution in [2.24, 2.45) is 22.9 Å². The smallest absolute Gasteiger partial charge is 0.326 e. The summed E-state index contributed by atoms with van der Waals surface area (Å²) in [6, 6.07) is -6.34. The van der Waals surface area contributed by atoms with Gasteiger partial charge in [0.05, 0.1) is 18.9 Å². The van der Waals surface area contributed by atoms with Gasteiger partial charge in [0.2, 0.25) is 35.4 Å². The molecule has 0 aliphatic heterocycles. The van der Waals surface area contributed by atoms with Crippen LogP contribution in [0, 0.1) is 0 Å². The molecule has 0 aliphatic rings.